The van der Waals surface area contributed by atoms with Crippen molar-refractivity contribution >= 4 is 23.4 Å². The van der Waals surface area contributed by atoms with Gasteiger partial charge in [0.1, 0.15) is 6.04 Å². The van der Waals surface area contributed by atoms with Crippen LogP contribution in [0.1, 0.15) is 57.0 Å². The highest BCUT2D eigenvalue weighted by Gasteiger charge is 2.48. The van der Waals surface area contributed by atoms with E-state index in [4.69, 9.17) is 14.0 Å². The monoisotopic (exact) mass is 465 g/mol. The molecule has 1 aromatic heterocycles. The predicted octanol–water partition coefficient (Wildman–Crippen LogP) is 1.54. The maximum absolute atomic E-state index is 13.1. The Morgan fingerprint density at radius 1 is 1.09 bits per heavy atom. The van der Waals surface area contributed by atoms with Gasteiger partial charge in [0.2, 0.25) is 11.7 Å². The third-order valence-corrected chi connectivity index (χ3v) is 5.81. The molecule has 1 aliphatic carbocycles. The van der Waals surface area contributed by atoms with Gasteiger partial charge >= 0.3 is 0 Å². The second-order valence-corrected chi connectivity index (χ2v) is 9.30. The second-order valence-electron chi connectivity index (χ2n) is 9.30. The zero-order valence-corrected chi connectivity index (χ0v) is 20.0. The number of methoxy groups -OCH3 is 2. The molecular weight excluding hydrogens is 430 g/mol. The van der Waals surface area contributed by atoms with E-state index in [0.29, 0.717) is 6.42 Å². The lowest BCUT2D eigenvalue weighted by Crippen LogP contribution is -2.49. The van der Waals surface area contributed by atoms with E-state index in [9.17, 15) is 19.2 Å². The maximum Gasteiger partial charge on any atom is 0.290 e. The number of Topliss-reactive ketones (excluding diaryl/α,β-unsaturated/α-hetero) is 2. The van der Waals surface area contributed by atoms with Crippen LogP contribution in [0.4, 0.5) is 0 Å². The molecule has 2 rings (SSSR count). The fourth-order valence-corrected chi connectivity index (χ4v) is 3.60. The topological polar surface area (TPSA) is 137 Å². The van der Waals surface area contributed by atoms with Crippen LogP contribution in [0.25, 0.3) is 0 Å². The highest BCUT2D eigenvalue weighted by molar-refractivity contribution is 5.98. The summed E-state index contributed by atoms with van der Waals surface area (Å²) in [5, 5.41) is 8.87. The van der Waals surface area contributed by atoms with E-state index in [0.717, 1.165) is 12.8 Å². The minimum absolute atomic E-state index is 0.00676. The summed E-state index contributed by atoms with van der Waals surface area (Å²) >= 11 is 0. The fraction of sp³-hybridized carbons (Fsp3) is 0.696. The smallest absolute Gasteiger partial charge is 0.290 e. The molecule has 1 fully saturated rings. The van der Waals surface area contributed by atoms with Gasteiger partial charge in [0.05, 0.1) is 31.4 Å². The van der Waals surface area contributed by atoms with E-state index >= 15 is 0 Å². The van der Waals surface area contributed by atoms with E-state index < -0.39 is 35.6 Å². The first-order chi connectivity index (χ1) is 15.6. The van der Waals surface area contributed by atoms with Crippen LogP contribution in [0.2, 0.25) is 0 Å². The molecule has 0 unspecified atom stereocenters. The first-order valence-corrected chi connectivity index (χ1v) is 11.2. The minimum atomic E-state index is -0.988. The number of rotatable bonds is 15. The molecule has 0 saturated heterocycles. The average Bonchev–Trinajstić information content (AvgIpc) is 3.27. The van der Waals surface area contributed by atoms with Crippen molar-refractivity contribution in [3.8, 4) is 0 Å². The van der Waals surface area contributed by atoms with E-state index in [1.165, 1.54) is 26.5 Å². The lowest BCUT2D eigenvalue weighted by atomic mass is 9.90. The molecule has 1 aromatic rings. The molecule has 1 aliphatic rings. The Hall–Kier alpha value is -2.59. The molecule has 10 nitrogen and oxygen atoms in total. The molecule has 2 amide bonds. The molecule has 2 N–H and O–H groups in total. The van der Waals surface area contributed by atoms with Gasteiger partial charge in [-0.15, -0.1) is 0 Å². The summed E-state index contributed by atoms with van der Waals surface area (Å²) in [6.45, 7) is 5.81. The fourth-order valence-electron chi connectivity index (χ4n) is 3.60. The zero-order valence-electron chi connectivity index (χ0n) is 20.0. The number of hydrogen-bond acceptors (Lipinski definition) is 8. The number of amides is 2. The summed E-state index contributed by atoms with van der Waals surface area (Å²) in [5.41, 5.74) is -0.381. The van der Waals surface area contributed by atoms with Crippen molar-refractivity contribution in [1.82, 2.24) is 15.8 Å². The SMILES string of the molecule is COC[C@H](CC(=O)[C@H](COC)NC(=O)c1ccno1)C(=O)N[C@@H](CC(C)C)C(=O)C1(C)CC1. The third-order valence-electron chi connectivity index (χ3n) is 5.81. The summed E-state index contributed by atoms with van der Waals surface area (Å²) in [5.74, 6) is -2.06. The van der Waals surface area contributed by atoms with Gasteiger partial charge in [0, 0.05) is 32.1 Å². The Balaban J connectivity index is 2.07. The van der Waals surface area contributed by atoms with Crippen LogP contribution < -0.4 is 10.6 Å². The number of hydrogen-bond donors (Lipinski definition) is 2. The van der Waals surface area contributed by atoms with Gasteiger partial charge in [-0.25, -0.2) is 0 Å². The van der Waals surface area contributed by atoms with Gasteiger partial charge in [0.25, 0.3) is 5.91 Å². The molecule has 1 heterocycles. The first kappa shape index (κ1) is 26.7. The molecule has 0 aromatic carbocycles. The Morgan fingerprint density at radius 2 is 1.76 bits per heavy atom. The lowest BCUT2D eigenvalue weighted by molar-refractivity contribution is -0.135. The van der Waals surface area contributed by atoms with Crippen molar-refractivity contribution in [2.24, 2.45) is 17.3 Å². The maximum atomic E-state index is 13.1. The number of aromatic nitrogens is 1. The van der Waals surface area contributed by atoms with Crippen LogP contribution in [-0.4, -0.2) is 68.1 Å². The third kappa shape index (κ3) is 7.75. The molecule has 0 bridgehead atoms. The summed E-state index contributed by atoms with van der Waals surface area (Å²) in [7, 11) is 2.84. The van der Waals surface area contributed by atoms with Gasteiger partial charge in [-0.3, -0.25) is 19.2 Å². The van der Waals surface area contributed by atoms with Gasteiger partial charge < -0.3 is 24.6 Å². The van der Waals surface area contributed by atoms with Crippen LogP contribution in [-0.2, 0) is 23.9 Å². The molecule has 3 atom stereocenters. The van der Waals surface area contributed by atoms with Crippen molar-refractivity contribution in [2.75, 3.05) is 27.4 Å². The van der Waals surface area contributed by atoms with E-state index in [-0.39, 0.29) is 42.5 Å². The molecule has 184 valence electrons. The number of carbonyl (C=O) groups is 4. The summed E-state index contributed by atoms with van der Waals surface area (Å²) in [6, 6.07) is -0.226. The standard InChI is InChI=1S/C23H35N3O7/c1-14(2)10-16(20(28)23(3)7-8-23)25-21(29)15(12-31-4)11-18(27)17(13-32-5)26-22(30)19-6-9-24-33-19/h6,9,14-17H,7-8,10-13H2,1-5H3,(H,25,29)(H,26,30)/t15-,16-,17-/m0/s1. The largest absolute Gasteiger partial charge is 0.384 e. The van der Waals surface area contributed by atoms with Gasteiger partial charge in [-0.2, -0.15) is 0 Å². The van der Waals surface area contributed by atoms with Crippen LogP contribution in [0, 0.1) is 17.3 Å². The van der Waals surface area contributed by atoms with Crippen LogP contribution in [0.5, 0.6) is 0 Å². The van der Waals surface area contributed by atoms with E-state index in [1.54, 1.807) is 0 Å². The summed E-state index contributed by atoms with van der Waals surface area (Å²) in [6.07, 6.45) is 3.29. The van der Waals surface area contributed by atoms with Gasteiger partial charge in [-0.1, -0.05) is 25.9 Å². The Bertz CT molecular complexity index is 818. The highest BCUT2D eigenvalue weighted by atomic mass is 16.5. The Labute approximate surface area is 194 Å². The quantitative estimate of drug-likeness (QED) is 0.398. The van der Waals surface area contributed by atoms with Crippen molar-refractivity contribution < 1.29 is 33.2 Å². The van der Waals surface area contributed by atoms with Gasteiger partial charge in [0.15, 0.2) is 11.6 Å². The molecule has 10 heteroatoms. The van der Waals surface area contributed by atoms with Crippen molar-refractivity contribution in [1.29, 1.82) is 0 Å². The number of ketones is 2. The normalized spacial score (nSPS) is 17.2. The van der Waals surface area contributed by atoms with Crippen LogP contribution >= 0.6 is 0 Å². The molecular formula is C23H35N3O7. The molecule has 0 spiro atoms. The molecule has 33 heavy (non-hydrogen) atoms. The molecule has 1 saturated carbocycles. The first-order valence-electron chi connectivity index (χ1n) is 11.2. The van der Waals surface area contributed by atoms with Crippen LogP contribution in [0.15, 0.2) is 16.8 Å². The van der Waals surface area contributed by atoms with E-state index in [2.05, 4.69) is 15.8 Å². The number of ether oxygens (including phenoxy) is 2. The average molecular weight is 466 g/mol. The van der Waals surface area contributed by atoms with Gasteiger partial charge in [-0.05, 0) is 25.2 Å². The predicted molar refractivity (Wildman–Crippen MR) is 118 cm³/mol. The Morgan fingerprint density at radius 3 is 2.27 bits per heavy atom. The van der Waals surface area contributed by atoms with Crippen molar-refractivity contribution in [2.45, 2.75) is 58.5 Å². The zero-order chi connectivity index (χ0) is 24.6. The number of nitrogens with one attached hydrogen (secondary N) is 2. The van der Waals surface area contributed by atoms with Crippen molar-refractivity contribution in [3.05, 3.63) is 18.0 Å². The summed E-state index contributed by atoms with van der Waals surface area (Å²) in [4.78, 5) is 51.2. The van der Waals surface area contributed by atoms with E-state index in [1.807, 2.05) is 20.8 Å². The summed E-state index contributed by atoms with van der Waals surface area (Å²) < 4.78 is 15.1. The van der Waals surface area contributed by atoms with Crippen molar-refractivity contribution in [3.63, 3.8) is 0 Å². The molecule has 0 aliphatic heterocycles. The van der Waals surface area contributed by atoms with Crippen LogP contribution in [0.3, 0.4) is 0 Å². The minimum Gasteiger partial charge on any atom is -0.384 e. The second kappa shape index (κ2) is 12.0. The highest BCUT2D eigenvalue weighted by Crippen LogP contribution is 2.47. The number of nitrogens with zero attached hydrogens (tertiary/aromatic N) is 1. The number of carbonyl (C=O) groups excluding carboxylic acids is 4. The Kier molecular flexibility index (Phi) is 9.72. The lowest BCUT2D eigenvalue weighted by Gasteiger charge is -2.25. The molecule has 0 radical (unpaired) electrons.